The lowest BCUT2D eigenvalue weighted by molar-refractivity contribution is -0.113. The molecule has 0 atom stereocenters. The van der Waals surface area contributed by atoms with E-state index in [2.05, 4.69) is 14.7 Å². The number of carbonyl (C=O) groups is 1. The van der Waals surface area contributed by atoms with Crippen LogP contribution in [0.2, 0.25) is 0 Å². The highest BCUT2D eigenvalue weighted by Gasteiger charge is 2.08. The van der Waals surface area contributed by atoms with Gasteiger partial charge in [-0.3, -0.25) is 4.79 Å². The Morgan fingerprint density at radius 3 is 3.05 bits per heavy atom. The zero-order valence-electron chi connectivity index (χ0n) is 11.0. The average Bonchev–Trinajstić information content (AvgIpc) is 2.93. The molecule has 0 bridgehead atoms. The van der Waals surface area contributed by atoms with Gasteiger partial charge < -0.3 is 10.1 Å². The Bertz CT molecular complexity index is 589. The van der Waals surface area contributed by atoms with Gasteiger partial charge in [0.1, 0.15) is 5.75 Å². The number of hydrogen-bond acceptors (Lipinski definition) is 7. The van der Waals surface area contributed by atoms with Gasteiger partial charge in [0.25, 0.3) is 0 Å². The van der Waals surface area contributed by atoms with Crippen LogP contribution in [0.5, 0.6) is 5.75 Å². The fourth-order valence-electron chi connectivity index (χ4n) is 1.36. The lowest BCUT2D eigenvalue weighted by Crippen LogP contribution is -2.13. The lowest BCUT2D eigenvalue weighted by atomic mass is 10.3. The number of anilines is 1. The molecule has 1 N–H and O–H groups in total. The predicted octanol–water partition coefficient (Wildman–Crippen LogP) is 3.00. The topological polar surface area (TPSA) is 64.1 Å². The molecule has 0 aliphatic rings. The summed E-state index contributed by atoms with van der Waals surface area (Å²) < 4.78 is 10.1. The van der Waals surface area contributed by atoms with Crippen LogP contribution in [0.3, 0.4) is 0 Å². The van der Waals surface area contributed by atoms with Crippen LogP contribution in [-0.2, 0) is 4.79 Å². The van der Waals surface area contributed by atoms with Crippen LogP contribution in [0, 0.1) is 0 Å². The monoisotopic (exact) mass is 327 g/mol. The van der Waals surface area contributed by atoms with E-state index >= 15 is 0 Å². The van der Waals surface area contributed by atoms with Crippen molar-refractivity contribution < 1.29 is 9.53 Å². The summed E-state index contributed by atoms with van der Waals surface area (Å²) in [6.45, 7) is 0. The van der Waals surface area contributed by atoms with Crippen LogP contribution in [0.4, 0.5) is 5.69 Å². The molecule has 2 rings (SSSR count). The smallest absolute Gasteiger partial charge is 0.234 e. The van der Waals surface area contributed by atoms with Gasteiger partial charge >= 0.3 is 0 Å². The first-order valence-corrected chi connectivity index (χ1v) is 8.64. The third-order valence-corrected chi connectivity index (χ3v) is 4.75. The van der Waals surface area contributed by atoms with Crippen LogP contribution in [0.1, 0.15) is 0 Å². The summed E-state index contributed by atoms with van der Waals surface area (Å²) in [5.74, 6) is 0.939. The molecule has 8 heteroatoms. The van der Waals surface area contributed by atoms with Gasteiger partial charge in [-0.05, 0) is 29.9 Å². The van der Waals surface area contributed by atoms with Crippen LogP contribution >= 0.6 is 35.1 Å². The van der Waals surface area contributed by atoms with E-state index in [4.69, 9.17) is 4.74 Å². The van der Waals surface area contributed by atoms with Gasteiger partial charge in [0, 0.05) is 11.8 Å². The number of carbonyl (C=O) groups excluding carboxylic acids is 1. The fraction of sp³-hybridized carbons (Fsp3) is 0.250. The highest BCUT2D eigenvalue weighted by Crippen LogP contribution is 2.24. The second-order valence-corrected chi connectivity index (χ2v) is 6.36. The first-order chi connectivity index (χ1) is 9.71. The molecule has 1 heterocycles. The minimum absolute atomic E-state index is 0.0795. The highest BCUT2D eigenvalue weighted by atomic mass is 32.2. The van der Waals surface area contributed by atoms with Crippen molar-refractivity contribution in [3.05, 3.63) is 24.3 Å². The number of rotatable bonds is 6. The number of nitrogens with one attached hydrogen (secondary N) is 1. The SMILES string of the molecule is COc1cccc(NC(=O)CSc2nc(SC)ns2)c1. The predicted molar refractivity (Wildman–Crippen MR) is 84.0 cm³/mol. The van der Waals surface area contributed by atoms with Crippen molar-refractivity contribution in [2.24, 2.45) is 0 Å². The molecule has 2 aromatic rings. The molecule has 0 unspecified atom stereocenters. The normalized spacial score (nSPS) is 10.3. The largest absolute Gasteiger partial charge is 0.497 e. The molecule has 0 saturated carbocycles. The number of hydrogen-bond donors (Lipinski definition) is 1. The van der Waals surface area contributed by atoms with E-state index in [-0.39, 0.29) is 5.91 Å². The Labute approximate surface area is 129 Å². The lowest BCUT2D eigenvalue weighted by Gasteiger charge is -2.06. The van der Waals surface area contributed by atoms with Crippen molar-refractivity contribution in [3.63, 3.8) is 0 Å². The maximum Gasteiger partial charge on any atom is 0.234 e. The van der Waals surface area contributed by atoms with E-state index in [1.165, 1.54) is 35.1 Å². The molecule has 20 heavy (non-hydrogen) atoms. The first kappa shape index (κ1) is 15.1. The number of amides is 1. The number of thioether (sulfide) groups is 2. The first-order valence-electron chi connectivity index (χ1n) is 5.65. The standard InChI is InChI=1S/C12H13N3O2S3/c1-17-9-5-3-4-8(6-9)13-10(16)7-19-12-14-11(18-2)15-20-12/h3-6H,7H2,1-2H3,(H,13,16). The zero-order chi connectivity index (χ0) is 14.4. The van der Waals surface area contributed by atoms with Crippen molar-refractivity contribution >= 4 is 46.7 Å². The van der Waals surface area contributed by atoms with Gasteiger partial charge in [0.15, 0.2) is 4.34 Å². The third-order valence-electron chi connectivity index (χ3n) is 2.25. The molecule has 0 spiro atoms. The average molecular weight is 327 g/mol. The third kappa shape index (κ3) is 4.39. The molecule has 0 aliphatic heterocycles. The molecule has 5 nitrogen and oxygen atoms in total. The van der Waals surface area contributed by atoms with Crippen molar-refractivity contribution in [2.45, 2.75) is 9.50 Å². The summed E-state index contributed by atoms with van der Waals surface area (Å²) in [4.78, 5) is 16.1. The zero-order valence-corrected chi connectivity index (χ0v) is 13.4. The van der Waals surface area contributed by atoms with Crippen LogP contribution in [0.15, 0.2) is 33.8 Å². The van der Waals surface area contributed by atoms with E-state index in [0.717, 1.165) is 15.2 Å². The molecule has 106 valence electrons. The van der Waals surface area contributed by atoms with E-state index in [1.807, 2.05) is 24.5 Å². The maximum absolute atomic E-state index is 11.8. The second-order valence-electron chi connectivity index (χ2n) is 3.62. The second kappa shape index (κ2) is 7.51. The van der Waals surface area contributed by atoms with Crippen LogP contribution in [0.25, 0.3) is 0 Å². The fourth-order valence-corrected chi connectivity index (χ4v) is 3.37. The summed E-state index contributed by atoms with van der Waals surface area (Å²) >= 11 is 4.18. The number of benzene rings is 1. The Morgan fingerprint density at radius 2 is 2.35 bits per heavy atom. The molecule has 1 amide bonds. The Kier molecular flexibility index (Phi) is 5.69. The van der Waals surface area contributed by atoms with Gasteiger partial charge in [-0.15, -0.1) is 0 Å². The Balaban J connectivity index is 1.85. The van der Waals surface area contributed by atoms with Crippen molar-refractivity contribution in [1.29, 1.82) is 0 Å². The molecule has 0 fully saturated rings. The van der Waals surface area contributed by atoms with Crippen molar-refractivity contribution in [1.82, 2.24) is 9.36 Å². The van der Waals surface area contributed by atoms with Crippen molar-refractivity contribution in [2.75, 3.05) is 24.4 Å². The Morgan fingerprint density at radius 1 is 1.50 bits per heavy atom. The van der Waals surface area contributed by atoms with E-state index in [1.54, 1.807) is 13.2 Å². The number of aromatic nitrogens is 2. The van der Waals surface area contributed by atoms with E-state index in [9.17, 15) is 4.79 Å². The van der Waals surface area contributed by atoms with E-state index in [0.29, 0.717) is 11.5 Å². The number of methoxy groups -OCH3 is 1. The minimum Gasteiger partial charge on any atom is -0.497 e. The summed E-state index contributed by atoms with van der Waals surface area (Å²) in [7, 11) is 1.59. The summed E-state index contributed by atoms with van der Waals surface area (Å²) in [6.07, 6.45) is 1.92. The highest BCUT2D eigenvalue weighted by molar-refractivity contribution is 8.01. The molecule has 0 saturated heterocycles. The van der Waals surface area contributed by atoms with Gasteiger partial charge in [0.05, 0.1) is 12.9 Å². The van der Waals surface area contributed by atoms with E-state index < -0.39 is 0 Å². The molecular weight excluding hydrogens is 314 g/mol. The van der Waals surface area contributed by atoms with Crippen LogP contribution < -0.4 is 10.1 Å². The molecular formula is C12H13N3O2S3. The van der Waals surface area contributed by atoms with Gasteiger partial charge in [-0.25, -0.2) is 4.98 Å². The van der Waals surface area contributed by atoms with Gasteiger partial charge in [-0.1, -0.05) is 29.6 Å². The quantitative estimate of drug-likeness (QED) is 0.823. The number of nitrogens with zero attached hydrogens (tertiary/aromatic N) is 2. The Hall–Kier alpha value is -1.25. The molecule has 0 radical (unpaired) electrons. The molecule has 1 aromatic carbocycles. The summed E-state index contributed by atoms with van der Waals surface area (Å²) in [5.41, 5.74) is 0.719. The van der Waals surface area contributed by atoms with Gasteiger partial charge in [-0.2, -0.15) is 4.37 Å². The molecule has 1 aromatic heterocycles. The number of ether oxygens (including phenoxy) is 1. The summed E-state index contributed by atoms with van der Waals surface area (Å²) in [6, 6.07) is 7.26. The molecule has 0 aliphatic carbocycles. The van der Waals surface area contributed by atoms with Gasteiger partial charge in [0.2, 0.25) is 11.1 Å². The maximum atomic E-state index is 11.8. The summed E-state index contributed by atoms with van der Waals surface area (Å²) in [5, 5.41) is 3.56. The van der Waals surface area contributed by atoms with Crippen LogP contribution in [-0.4, -0.2) is 34.4 Å². The minimum atomic E-state index is -0.0795. The van der Waals surface area contributed by atoms with Crippen molar-refractivity contribution in [3.8, 4) is 5.75 Å².